The molecular formula is C13H21N4O6P. The van der Waals surface area contributed by atoms with Crippen LogP contribution in [0.5, 0.6) is 0 Å². The van der Waals surface area contributed by atoms with Gasteiger partial charge >= 0.3 is 13.5 Å². The highest BCUT2D eigenvalue weighted by Crippen LogP contribution is 2.38. The van der Waals surface area contributed by atoms with Crippen LogP contribution in [0.4, 0.5) is 0 Å². The van der Waals surface area contributed by atoms with Gasteiger partial charge in [0.05, 0.1) is 12.4 Å². The third-order valence-electron chi connectivity index (χ3n) is 3.76. The minimum atomic E-state index is -4.49. The van der Waals surface area contributed by atoms with Gasteiger partial charge in [0.25, 0.3) is 5.56 Å². The molecule has 0 aromatic carbocycles. The standard InChI is InChI=1S/C13H21N4O6P/c1-9(23-24(20,21)22)6-4-5-7-17-12(18)10-11(14-8-15(10)2)16(3)13(17)19/h8-9H,4-7H2,1-3H3,(H2,20,21,22). The van der Waals surface area contributed by atoms with E-state index >= 15 is 0 Å². The summed E-state index contributed by atoms with van der Waals surface area (Å²) < 4.78 is 19.3. The fraction of sp³-hybridized carbons (Fsp3) is 0.615. The number of hydrogen-bond donors (Lipinski definition) is 2. The van der Waals surface area contributed by atoms with Crippen molar-refractivity contribution in [3.05, 3.63) is 27.2 Å². The van der Waals surface area contributed by atoms with Crippen molar-refractivity contribution in [1.82, 2.24) is 18.7 Å². The third kappa shape index (κ3) is 4.02. The molecule has 11 heteroatoms. The highest BCUT2D eigenvalue weighted by Gasteiger charge is 2.19. The predicted octanol–water partition coefficient (Wildman–Crippen LogP) is 0.102. The lowest BCUT2D eigenvalue weighted by Crippen LogP contribution is -2.39. The van der Waals surface area contributed by atoms with Gasteiger partial charge in [0, 0.05) is 20.6 Å². The second-order valence-electron chi connectivity index (χ2n) is 5.73. The van der Waals surface area contributed by atoms with Gasteiger partial charge in [-0.3, -0.25) is 18.5 Å². The van der Waals surface area contributed by atoms with E-state index in [9.17, 15) is 14.2 Å². The molecule has 2 heterocycles. The number of rotatable bonds is 7. The van der Waals surface area contributed by atoms with Gasteiger partial charge in [0.15, 0.2) is 11.2 Å². The van der Waals surface area contributed by atoms with Gasteiger partial charge in [-0.05, 0) is 26.2 Å². The molecule has 0 bridgehead atoms. The van der Waals surface area contributed by atoms with E-state index in [0.29, 0.717) is 30.4 Å². The summed E-state index contributed by atoms with van der Waals surface area (Å²) in [5.74, 6) is 0. The Balaban J connectivity index is 2.09. The van der Waals surface area contributed by atoms with E-state index < -0.39 is 25.2 Å². The molecule has 0 amide bonds. The van der Waals surface area contributed by atoms with Crippen LogP contribution in [0.2, 0.25) is 0 Å². The molecule has 2 aromatic heterocycles. The van der Waals surface area contributed by atoms with E-state index in [0.717, 1.165) is 4.57 Å². The quantitative estimate of drug-likeness (QED) is 0.529. The molecular weight excluding hydrogens is 339 g/mol. The molecule has 0 aliphatic carbocycles. The maximum atomic E-state index is 12.5. The van der Waals surface area contributed by atoms with Gasteiger partial charge in [-0.1, -0.05) is 0 Å². The smallest absolute Gasteiger partial charge is 0.328 e. The Morgan fingerprint density at radius 3 is 2.58 bits per heavy atom. The van der Waals surface area contributed by atoms with E-state index in [1.54, 1.807) is 25.6 Å². The highest BCUT2D eigenvalue weighted by atomic mass is 31.2. The van der Waals surface area contributed by atoms with Crippen LogP contribution in [0.25, 0.3) is 11.2 Å². The Morgan fingerprint density at radius 1 is 1.29 bits per heavy atom. The molecule has 0 saturated carbocycles. The number of aromatic nitrogens is 4. The first-order valence-corrected chi connectivity index (χ1v) is 8.99. The minimum Gasteiger partial charge on any atom is -0.328 e. The summed E-state index contributed by atoms with van der Waals surface area (Å²) in [6.45, 7) is 1.78. The number of phosphoric acid groups is 1. The molecule has 2 N–H and O–H groups in total. The van der Waals surface area contributed by atoms with Crippen LogP contribution in [-0.4, -0.2) is 34.6 Å². The monoisotopic (exact) mass is 360 g/mol. The molecule has 24 heavy (non-hydrogen) atoms. The zero-order chi connectivity index (χ0) is 18.1. The van der Waals surface area contributed by atoms with Gasteiger partial charge in [0.2, 0.25) is 0 Å². The first kappa shape index (κ1) is 18.6. The molecule has 1 atom stereocenters. The van der Waals surface area contributed by atoms with Gasteiger partial charge in [-0.25, -0.2) is 14.3 Å². The van der Waals surface area contributed by atoms with E-state index in [4.69, 9.17) is 9.79 Å². The van der Waals surface area contributed by atoms with Crippen molar-refractivity contribution in [2.45, 2.75) is 38.8 Å². The molecule has 2 rings (SSSR count). The SMILES string of the molecule is CC(CCCCn1c(=O)c2c(ncn2C)n(C)c1=O)OP(=O)(O)O. The zero-order valence-electron chi connectivity index (χ0n) is 13.7. The first-order chi connectivity index (χ1) is 11.1. The molecule has 0 aliphatic rings. The highest BCUT2D eigenvalue weighted by molar-refractivity contribution is 7.46. The number of nitrogens with zero attached hydrogens (tertiary/aromatic N) is 4. The summed E-state index contributed by atoms with van der Waals surface area (Å²) in [6, 6.07) is 0. The summed E-state index contributed by atoms with van der Waals surface area (Å²) in [5.41, 5.74) is -0.138. The molecule has 0 fully saturated rings. The van der Waals surface area contributed by atoms with Crippen LogP contribution >= 0.6 is 7.82 Å². The van der Waals surface area contributed by atoms with Gasteiger partial charge < -0.3 is 14.4 Å². The van der Waals surface area contributed by atoms with Crippen molar-refractivity contribution in [1.29, 1.82) is 0 Å². The van der Waals surface area contributed by atoms with E-state index in [2.05, 4.69) is 9.51 Å². The molecule has 1 unspecified atom stereocenters. The van der Waals surface area contributed by atoms with Crippen molar-refractivity contribution < 1.29 is 18.9 Å². The van der Waals surface area contributed by atoms with Crippen molar-refractivity contribution in [2.75, 3.05) is 0 Å². The maximum Gasteiger partial charge on any atom is 0.469 e. The van der Waals surface area contributed by atoms with Crippen LogP contribution < -0.4 is 11.2 Å². The second kappa shape index (κ2) is 7.02. The molecule has 0 saturated heterocycles. The van der Waals surface area contributed by atoms with Crippen molar-refractivity contribution >= 4 is 19.0 Å². The van der Waals surface area contributed by atoms with Crippen molar-refractivity contribution in [3.63, 3.8) is 0 Å². The Hall–Kier alpha value is -1.74. The fourth-order valence-corrected chi connectivity index (χ4v) is 3.16. The van der Waals surface area contributed by atoms with E-state index in [1.165, 1.54) is 10.9 Å². The number of imidazole rings is 1. The predicted molar refractivity (Wildman–Crippen MR) is 86.7 cm³/mol. The maximum absolute atomic E-state index is 12.5. The molecule has 0 aliphatic heterocycles. The Kier molecular flexibility index (Phi) is 5.44. The largest absolute Gasteiger partial charge is 0.469 e. The van der Waals surface area contributed by atoms with Crippen molar-refractivity contribution in [3.8, 4) is 0 Å². The van der Waals surface area contributed by atoms with E-state index in [1.807, 2.05) is 0 Å². The first-order valence-electron chi connectivity index (χ1n) is 7.46. The Bertz CT molecular complexity index is 892. The number of unbranched alkanes of at least 4 members (excludes halogenated alkanes) is 1. The zero-order valence-corrected chi connectivity index (χ0v) is 14.6. The van der Waals surface area contributed by atoms with Crippen molar-refractivity contribution in [2.24, 2.45) is 14.1 Å². The number of hydrogen-bond acceptors (Lipinski definition) is 5. The van der Waals surface area contributed by atoms with E-state index in [-0.39, 0.29) is 6.54 Å². The summed E-state index contributed by atoms with van der Waals surface area (Å²) in [7, 11) is -1.25. The Labute approximate surface area is 137 Å². The lowest BCUT2D eigenvalue weighted by atomic mass is 10.2. The normalized spacial score (nSPS) is 13.5. The number of aryl methyl sites for hydroxylation is 2. The number of fused-ring (bicyclic) bond motifs is 1. The van der Waals surface area contributed by atoms with Crippen LogP contribution in [0, 0.1) is 0 Å². The molecule has 0 radical (unpaired) electrons. The van der Waals surface area contributed by atoms with Crippen LogP contribution in [0.15, 0.2) is 15.9 Å². The molecule has 10 nitrogen and oxygen atoms in total. The lowest BCUT2D eigenvalue weighted by Gasteiger charge is -2.13. The Morgan fingerprint density at radius 2 is 1.96 bits per heavy atom. The van der Waals surface area contributed by atoms with Crippen LogP contribution in [-0.2, 0) is 29.7 Å². The summed E-state index contributed by atoms with van der Waals surface area (Å²) in [5, 5.41) is 0. The van der Waals surface area contributed by atoms with Crippen LogP contribution in [0.1, 0.15) is 26.2 Å². The molecule has 2 aromatic rings. The average Bonchev–Trinajstić information content (AvgIpc) is 2.84. The summed E-state index contributed by atoms with van der Waals surface area (Å²) in [6.07, 6.45) is 2.35. The second-order valence-corrected chi connectivity index (χ2v) is 6.92. The fourth-order valence-electron chi connectivity index (χ4n) is 2.58. The summed E-state index contributed by atoms with van der Waals surface area (Å²) >= 11 is 0. The molecule has 134 valence electrons. The lowest BCUT2D eigenvalue weighted by molar-refractivity contribution is 0.136. The number of phosphoric ester groups is 1. The van der Waals surface area contributed by atoms with Gasteiger partial charge in [-0.2, -0.15) is 0 Å². The van der Waals surface area contributed by atoms with Crippen LogP contribution in [0.3, 0.4) is 0 Å². The molecule has 0 spiro atoms. The third-order valence-corrected chi connectivity index (χ3v) is 4.40. The average molecular weight is 360 g/mol. The van der Waals surface area contributed by atoms with Gasteiger partial charge in [0.1, 0.15) is 0 Å². The summed E-state index contributed by atoms with van der Waals surface area (Å²) in [4.78, 5) is 46.2. The topological polar surface area (TPSA) is 129 Å². The minimum absolute atomic E-state index is 0.218. The van der Waals surface area contributed by atoms with Gasteiger partial charge in [-0.15, -0.1) is 0 Å².